The van der Waals surface area contributed by atoms with Crippen LogP contribution in [-0.2, 0) is 4.79 Å². The summed E-state index contributed by atoms with van der Waals surface area (Å²) in [5, 5.41) is 5.37. The van der Waals surface area contributed by atoms with E-state index in [1.165, 1.54) is 6.42 Å². The highest BCUT2D eigenvalue weighted by Gasteiger charge is 2.29. The Morgan fingerprint density at radius 3 is 2.26 bits per heavy atom. The van der Waals surface area contributed by atoms with E-state index in [1.807, 2.05) is 0 Å². The number of urea groups is 1. The number of piperidine rings is 1. The summed E-state index contributed by atoms with van der Waals surface area (Å²) < 4.78 is 39.9. The highest BCUT2D eigenvalue weighted by atomic mass is 19.2. The molecule has 3 amide bonds. The Morgan fingerprint density at radius 2 is 1.59 bits per heavy atom. The molecular formula is C19H24F3N3O2. The van der Waals surface area contributed by atoms with E-state index >= 15 is 0 Å². The molecule has 0 aromatic heterocycles. The second-order valence-corrected chi connectivity index (χ2v) is 7.26. The van der Waals surface area contributed by atoms with Crippen LogP contribution in [0.5, 0.6) is 0 Å². The van der Waals surface area contributed by atoms with Gasteiger partial charge in [-0.25, -0.2) is 18.0 Å². The van der Waals surface area contributed by atoms with Gasteiger partial charge in [-0.3, -0.25) is 4.79 Å². The smallest absolute Gasteiger partial charge is 0.317 e. The molecule has 2 N–H and O–H groups in total. The third-order valence-electron chi connectivity index (χ3n) is 5.38. The predicted octanol–water partition coefficient (Wildman–Crippen LogP) is 3.80. The maximum absolute atomic E-state index is 13.7. The summed E-state index contributed by atoms with van der Waals surface area (Å²) in [7, 11) is 0. The van der Waals surface area contributed by atoms with E-state index in [4.69, 9.17) is 0 Å². The van der Waals surface area contributed by atoms with Crippen molar-refractivity contribution in [3.8, 4) is 0 Å². The number of nitrogens with zero attached hydrogens (tertiary/aromatic N) is 1. The molecule has 148 valence electrons. The zero-order valence-corrected chi connectivity index (χ0v) is 15.1. The Morgan fingerprint density at radius 1 is 0.926 bits per heavy atom. The summed E-state index contributed by atoms with van der Waals surface area (Å²) >= 11 is 0. The van der Waals surface area contributed by atoms with Crippen LogP contribution in [0.2, 0.25) is 0 Å². The molecule has 0 spiro atoms. The molecule has 1 aliphatic heterocycles. The van der Waals surface area contributed by atoms with Crippen molar-refractivity contribution in [3.05, 3.63) is 29.6 Å². The third kappa shape index (κ3) is 4.73. The number of rotatable bonds is 3. The van der Waals surface area contributed by atoms with Crippen LogP contribution in [0.15, 0.2) is 12.1 Å². The Kier molecular flexibility index (Phi) is 6.23. The normalized spacial score (nSPS) is 19.0. The van der Waals surface area contributed by atoms with Crippen molar-refractivity contribution in [2.45, 2.75) is 51.0 Å². The fourth-order valence-electron chi connectivity index (χ4n) is 3.71. The number of likely N-dealkylation sites (tertiary alicyclic amines) is 1. The van der Waals surface area contributed by atoms with Crippen LogP contribution in [0.3, 0.4) is 0 Å². The number of nitrogens with one attached hydrogen (secondary N) is 2. The highest BCUT2D eigenvalue weighted by Crippen LogP contribution is 2.24. The van der Waals surface area contributed by atoms with Crippen LogP contribution < -0.4 is 10.6 Å². The van der Waals surface area contributed by atoms with Gasteiger partial charge in [0.2, 0.25) is 5.91 Å². The Hall–Kier alpha value is -2.25. The molecule has 2 fully saturated rings. The summed E-state index contributed by atoms with van der Waals surface area (Å²) in [4.78, 5) is 26.3. The van der Waals surface area contributed by atoms with Crippen molar-refractivity contribution in [3.63, 3.8) is 0 Å². The van der Waals surface area contributed by atoms with Crippen LogP contribution in [0.1, 0.15) is 44.9 Å². The van der Waals surface area contributed by atoms with Crippen molar-refractivity contribution in [1.29, 1.82) is 0 Å². The standard InChI is InChI=1S/C19H24F3N3O2/c20-14-6-7-15(17(22)16(14)21)24-18(26)12-8-10-25(11-9-12)19(27)23-13-4-2-1-3-5-13/h6-7,12-13H,1-5,8-11H2,(H,23,27)(H,24,26). The van der Waals surface area contributed by atoms with E-state index in [-0.39, 0.29) is 17.8 Å². The molecule has 1 aromatic carbocycles. The molecule has 1 aliphatic carbocycles. The van der Waals surface area contributed by atoms with Gasteiger partial charge in [-0.05, 0) is 37.8 Å². The van der Waals surface area contributed by atoms with Gasteiger partial charge in [0.05, 0.1) is 5.69 Å². The van der Waals surface area contributed by atoms with Gasteiger partial charge in [0.25, 0.3) is 0 Å². The first-order chi connectivity index (χ1) is 13.0. The second kappa shape index (κ2) is 8.63. The molecule has 0 radical (unpaired) electrons. The average molecular weight is 383 g/mol. The van der Waals surface area contributed by atoms with Crippen LogP contribution in [0, 0.1) is 23.4 Å². The van der Waals surface area contributed by atoms with Gasteiger partial charge >= 0.3 is 6.03 Å². The van der Waals surface area contributed by atoms with Crippen molar-refractivity contribution in [2.75, 3.05) is 18.4 Å². The summed E-state index contributed by atoms with van der Waals surface area (Å²) in [5.41, 5.74) is -0.378. The Labute approximate surface area is 156 Å². The SMILES string of the molecule is O=C(Nc1ccc(F)c(F)c1F)C1CCN(C(=O)NC2CCCCC2)CC1. The van der Waals surface area contributed by atoms with E-state index in [0.717, 1.165) is 37.8 Å². The molecule has 1 saturated heterocycles. The predicted molar refractivity (Wildman–Crippen MR) is 94.6 cm³/mol. The number of benzene rings is 1. The zero-order valence-electron chi connectivity index (χ0n) is 15.1. The van der Waals surface area contributed by atoms with Crippen molar-refractivity contribution < 1.29 is 22.8 Å². The molecule has 1 aromatic rings. The molecule has 8 heteroatoms. The Balaban J connectivity index is 1.49. The maximum atomic E-state index is 13.7. The lowest BCUT2D eigenvalue weighted by Gasteiger charge is -2.33. The van der Waals surface area contributed by atoms with Gasteiger partial charge in [-0.1, -0.05) is 19.3 Å². The first-order valence-electron chi connectivity index (χ1n) is 9.45. The number of carbonyl (C=O) groups excluding carboxylic acids is 2. The van der Waals surface area contributed by atoms with Crippen molar-refractivity contribution in [1.82, 2.24) is 10.2 Å². The number of carbonyl (C=O) groups is 2. The van der Waals surface area contributed by atoms with Crippen molar-refractivity contribution >= 4 is 17.6 Å². The summed E-state index contributed by atoms with van der Waals surface area (Å²) in [6, 6.07) is 1.89. The molecule has 0 unspecified atom stereocenters. The second-order valence-electron chi connectivity index (χ2n) is 7.26. The first kappa shape index (κ1) is 19.5. The summed E-state index contributed by atoms with van der Waals surface area (Å²) in [5.74, 6) is -5.18. The first-order valence-corrected chi connectivity index (χ1v) is 9.45. The van der Waals surface area contributed by atoms with E-state index < -0.39 is 29.3 Å². The van der Waals surface area contributed by atoms with Gasteiger partial charge in [0, 0.05) is 25.0 Å². The topological polar surface area (TPSA) is 61.4 Å². The minimum absolute atomic E-state index is 0.104. The molecule has 3 rings (SSSR count). The maximum Gasteiger partial charge on any atom is 0.317 e. The fourth-order valence-corrected chi connectivity index (χ4v) is 3.71. The minimum Gasteiger partial charge on any atom is -0.335 e. The molecule has 2 aliphatic rings. The largest absolute Gasteiger partial charge is 0.335 e. The van der Waals surface area contributed by atoms with Crippen molar-refractivity contribution in [2.24, 2.45) is 5.92 Å². The lowest BCUT2D eigenvalue weighted by Crippen LogP contribution is -2.49. The number of amides is 3. The molecular weight excluding hydrogens is 359 g/mol. The molecule has 1 heterocycles. The van der Waals surface area contributed by atoms with E-state index in [9.17, 15) is 22.8 Å². The van der Waals surface area contributed by atoms with E-state index in [2.05, 4.69) is 10.6 Å². The molecule has 1 saturated carbocycles. The minimum atomic E-state index is -1.61. The van der Waals surface area contributed by atoms with Gasteiger partial charge in [-0.2, -0.15) is 0 Å². The third-order valence-corrected chi connectivity index (χ3v) is 5.38. The van der Waals surface area contributed by atoms with Crippen LogP contribution in [-0.4, -0.2) is 36.0 Å². The van der Waals surface area contributed by atoms with E-state index in [1.54, 1.807) is 4.90 Å². The van der Waals surface area contributed by atoms with Crippen LogP contribution >= 0.6 is 0 Å². The Bertz CT molecular complexity index is 700. The van der Waals surface area contributed by atoms with Gasteiger partial charge < -0.3 is 15.5 Å². The lowest BCUT2D eigenvalue weighted by atomic mass is 9.95. The monoisotopic (exact) mass is 383 g/mol. The zero-order chi connectivity index (χ0) is 19.4. The molecule has 5 nitrogen and oxygen atoms in total. The highest BCUT2D eigenvalue weighted by molar-refractivity contribution is 5.92. The summed E-state index contributed by atoms with van der Waals surface area (Å²) in [6.45, 7) is 0.855. The quantitative estimate of drug-likeness (QED) is 0.780. The number of hydrogen-bond donors (Lipinski definition) is 2. The molecule has 27 heavy (non-hydrogen) atoms. The lowest BCUT2D eigenvalue weighted by molar-refractivity contribution is -0.121. The number of hydrogen-bond acceptors (Lipinski definition) is 2. The van der Waals surface area contributed by atoms with Gasteiger partial charge in [-0.15, -0.1) is 0 Å². The average Bonchev–Trinajstić information content (AvgIpc) is 2.69. The summed E-state index contributed by atoms with van der Waals surface area (Å²) in [6.07, 6.45) is 6.37. The van der Waals surface area contributed by atoms with Crippen LogP contribution in [0.25, 0.3) is 0 Å². The van der Waals surface area contributed by atoms with Gasteiger partial charge in [0.15, 0.2) is 17.5 Å². The van der Waals surface area contributed by atoms with Crippen LogP contribution in [0.4, 0.5) is 23.7 Å². The molecule has 0 bridgehead atoms. The van der Waals surface area contributed by atoms with Gasteiger partial charge in [0.1, 0.15) is 0 Å². The fraction of sp³-hybridized carbons (Fsp3) is 0.579. The van der Waals surface area contributed by atoms with E-state index in [0.29, 0.717) is 25.9 Å². The molecule has 0 atom stereocenters. The number of halogens is 3. The number of anilines is 1.